The molecule has 1 atom stereocenters. The summed E-state index contributed by atoms with van der Waals surface area (Å²) in [6.45, 7) is 6.17. The van der Waals surface area contributed by atoms with Crippen LogP contribution in [0.1, 0.15) is 16.7 Å². The van der Waals surface area contributed by atoms with Crippen molar-refractivity contribution in [2.24, 2.45) is 0 Å². The fourth-order valence-electron chi connectivity index (χ4n) is 2.92. The molecular formula is C19H18OP. The van der Waals surface area contributed by atoms with Gasteiger partial charge in [-0.15, -0.1) is 0 Å². The van der Waals surface area contributed by atoms with Crippen LogP contribution in [0.2, 0.25) is 0 Å². The smallest absolute Gasteiger partial charge is 0.137 e. The first-order valence-electron chi connectivity index (χ1n) is 7.10. The Bertz CT molecular complexity index is 826. The zero-order valence-electron chi connectivity index (χ0n) is 12.6. The third-order valence-electron chi connectivity index (χ3n) is 3.81. The Kier molecular flexibility index (Phi) is 3.61. The van der Waals surface area contributed by atoms with Gasteiger partial charge in [0, 0.05) is 10.6 Å². The van der Waals surface area contributed by atoms with Gasteiger partial charge in [0.2, 0.25) is 0 Å². The van der Waals surface area contributed by atoms with E-state index in [1.807, 2.05) is 38.1 Å². The van der Waals surface area contributed by atoms with Crippen LogP contribution in [-0.2, 0) is 4.57 Å². The Balaban J connectivity index is 2.12. The van der Waals surface area contributed by atoms with Crippen LogP contribution < -0.4 is 10.6 Å². The summed E-state index contributed by atoms with van der Waals surface area (Å²) in [6.07, 6.45) is 0. The maximum atomic E-state index is 13.0. The molecule has 0 saturated heterocycles. The third kappa shape index (κ3) is 2.62. The summed E-state index contributed by atoms with van der Waals surface area (Å²) in [6, 6.07) is 18.5. The molecule has 0 spiro atoms. The Morgan fingerprint density at radius 2 is 1.38 bits per heavy atom. The van der Waals surface area contributed by atoms with Crippen molar-refractivity contribution >= 4 is 29.2 Å². The van der Waals surface area contributed by atoms with Crippen LogP contribution in [0.3, 0.4) is 0 Å². The van der Waals surface area contributed by atoms with Crippen molar-refractivity contribution in [3.05, 3.63) is 71.3 Å². The molecule has 3 rings (SSSR count). The summed E-state index contributed by atoms with van der Waals surface area (Å²) in [5.41, 5.74) is 3.44. The lowest BCUT2D eigenvalue weighted by molar-refractivity contribution is 0.598. The molecule has 1 radical (unpaired) electrons. The predicted octanol–water partition coefficient (Wildman–Crippen LogP) is 4.54. The second-order valence-electron chi connectivity index (χ2n) is 5.57. The monoisotopic (exact) mass is 293 g/mol. The molecule has 1 nitrogen and oxygen atoms in total. The minimum absolute atomic E-state index is 0.902. The van der Waals surface area contributed by atoms with Crippen LogP contribution in [0.25, 0.3) is 10.8 Å². The summed E-state index contributed by atoms with van der Waals surface area (Å²) in [7, 11) is -1.55. The highest BCUT2D eigenvalue weighted by atomic mass is 31.1. The fourth-order valence-corrected chi connectivity index (χ4v) is 4.42. The molecule has 0 fully saturated rings. The van der Waals surface area contributed by atoms with E-state index in [4.69, 9.17) is 0 Å². The lowest BCUT2D eigenvalue weighted by atomic mass is 10.1. The molecule has 105 valence electrons. The van der Waals surface area contributed by atoms with Crippen molar-refractivity contribution in [3.8, 4) is 0 Å². The van der Waals surface area contributed by atoms with E-state index in [0.29, 0.717) is 0 Å². The van der Waals surface area contributed by atoms with Crippen LogP contribution in [0.4, 0.5) is 0 Å². The van der Waals surface area contributed by atoms with E-state index < -0.39 is 7.80 Å². The van der Waals surface area contributed by atoms with Gasteiger partial charge >= 0.3 is 0 Å². The highest BCUT2D eigenvalue weighted by Gasteiger charge is 2.14. The van der Waals surface area contributed by atoms with Crippen LogP contribution in [0.15, 0.2) is 54.6 Å². The summed E-state index contributed by atoms with van der Waals surface area (Å²) >= 11 is 0. The van der Waals surface area contributed by atoms with Crippen molar-refractivity contribution in [2.45, 2.75) is 20.8 Å². The van der Waals surface area contributed by atoms with Gasteiger partial charge in [-0.3, -0.25) is 4.57 Å². The molecule has 0 aromatic heterocycles. The minimum atomic E-state index is -1.55. The Labute approximate surface area is 126 Å². The van der Waals surface area contributed by atoms with Crippen molar-refractivity contribution in [2.75, 3.05) is 0 Å². The first kappa shape index (κ1) is 14.0. The number of aryl methyl sites for hydroxylation is 3. The topological polar surface area (TPSA) is 17.1 Å². The molecule has 0 aliphatic heterocycles. The van der Waals surface area contributed by atoms with Gasteiger partial charge in [0.25, 0.3) is 0 Å². The standard InChI is InChI=1S/C19H18OP/c1-13-10-14(2)19(15(3)11-13)21(20)18-9-8-16-6-4-5-7-17(16)12-18/h4-12H,1-3H3. The van der Waals surface area contributed by atoms with Crippen molar-refractivity contribution < 1.29 is 4.57 Å². The second-order valence-corrected chi connectivity index (χ2v) is 7.13. The minimum Gasteiger partial charge on any atom is -0.277 e. The lowest BCUT2D eigenvalue weighted by Gasteiger charge is -2.11. The first-order chi connectivity index (χ1) is 10.1. The van der Waals surface area contributed by atoms with Gasteiger partial charge in [-0.2, -0.15) is 0 Å². The quantitative estimate of drug-likeness (QED) is 0.634. The van der Waals surface area contributed by atoms with Gasteiger partial charge in [-0.05, 0) is 54.8 Å². The van der Waals surface area contributed by atoms with Gasteiger partial charge in [-0.25, -0.2) is 0 Å². The van der Waals surface area contributed by atoms with Gasteiger partial charge in [0.05, 0.1) is 0 Å². The van der Waals surface area contributed by atoms with Gasteiger partial charge < -0.3 is 0 Å². The molecule has 0 heterocycles. The Hall–Kier alpha value is -1.98. The van der Waals surface area contributed by atoms with E-state index in [1.165, 1.54) is 10.9 Å². The van der Waals surface area contributed by atoms with Gasteiger partial charge in [0.15, 0.2) is 0 Å². The van der Waals surface area contributed by atoms with Crippen LogP contribution >= 0.6 is 7.80 Å². The van der Waals surface area contributed by atoms with Crippen molar-refractivity contribution in [1.82, 2.24) is 0 Å². The summed E-state index contributed by atoms with van der Waals surface area (Å²) in [5, 5.41) is 4.20. The molecule has 0 aliphatic carbocycles. The van der Waals surface area contributed by atoms with Crippen molar-refractivity contribution in [3.63, 3.8) is 0 Å². The SMILES string of the molecule is Cc1cc(C)c([P](=O)c2ccc3ccccc3c2)c(C)c1. The molecule has 0 saturated carbocycles. The van der Waals surface area contributed by atoms with E-state index in [1.54, 1.807) is 0 Å². The van der Waals surface area contributed by atoms with E-state index >= 15 is 0 Å². The Morgan fingerprint density at radius 1 is 0.762 bits per heavy atom. The molecule has 0 N–H and O–H groups in total. The van der Waals surface area contributed by atoms with Crippen LogP contribution in [-0.4, -0.2) is 0 Å². The molecule has 0 bridgehead atoms. The molecular weight excluding hydrogens is 275 g/mol. The summed E-state index contributed by atoms with van der Waals surface area (Å²) in [4.78, 5) is 0. The second kappa shape index (κ2) is 5.42. The fraction of sp³-hybridized carbons (Fsp3) is 0.158. The summed E-state index contributed by atoms with van der Waals surface area (Å²) < 4.78 is 13.0. The third-order valence-corrected chi connectivity index (χ3v) is 5.66. The zero-order valence-corrected chi connectivity index (χ0v) is 13.4. The number of benzene rings is 3. The number of hydrogen-bond acceptors (Lipinski definition) is 1. The van der Waals surface area contributed by atoms with E-state index in [0.717, 1.165) is 27.1 Å². The lowest BCUT2D eigenvalue weighted by Crippen LogP contribution is -2.13. The highest BCUT2D eigenvalue weighted by molar-refractivity contribution is 7.61. The average molecular weight is 293 g/mol. The molecule has 2 heteroatoms. The van der Waals surface area contributed by atoms with E-state index in [2.05, 4.69) is 37.3 Å². The molecule has 0 amide bonds. The number of rotatable bonds is 2. The van der Waals surface area contributed by atoms with E-state index in [9.17, 15) is 4.57 Å². The van der Waals surface area contributed by atoms with E-state index in [-0.39, 0.29) is 0 Å². The maximum absolute atomic E-state index is 13.0. The Morgan fingerprint density at radius 3 is 2.05 bits per heavy atom. The normalized spacial score (nSPS) is 11.7. The largest absolute Gasteiger partial charge is 0.277 e. The summed E-state index contributed by atoms with van der Waals surface area (Å²) in [5.74, 6) is 0. The van der Waals surface area contributed by atoms with Crippen LogP contribution in [0, 0.1) is 20.8 Å². The highest BCUT2D eigenvalue weighted by Crippen LogP contribution is 2.26. The zero-order chi connectivity index (χ0) is 15.0. The molecule has 1 unspecified atom stereocenters. The number of hydrogen-bond donors (Lipinski definition) is 0. The van der Waals surface area contributed by atoms with Gasteiger partial charge in [-0.1, -0.05) is 48.0 Å². The predicted molar refractivity (Wildman–Crippen MR) is 91.5 cm³/mol. The van der Waals surface area contributed by atoms with Crippen molar-refractivity contribution in [1.29, 1.82) is 0 Å². The molecule has 3 aromatic rings. The van der Waals surface area contributed by atoms with Crippen LogP contribution in [0.5, 0.6) is 0 Å². The average Bonchev–Trinajstić information content (AvgIpc) is 2.45. The molecule has 3 aromatic carbocycles. The maximum Gasteiger partial charge on any atom is 0.137 e. The molecule has 0 aliphatic rings. The van der Waals surface area contributed by atoms with Gasteiger partial charge in [0.1, 0.15) is 7.80 Å². The number of fused-ring (bicyclic) bond motifs is 1. The molecule has 21 heavy (non-hydrogen) atoms. The first-order valence-corrected chi connectivity index (χ1v) is 8.36.